The number of aliphatic hydroxyl groups excluding tert-OH is 1. The second kappa shape index (κ2) is 32.4. The van der Waals surface area contributed by atoms with Crippen molar-refractivity contribution in [2.45, 2.75) is 144 Å². The molecule has 0 bridgehead atoms. The zero-order chi connectivity index (χ0) is 60.6. The fourth-order valence-corrected chi connectivity index (χ4v) is 10.2. The number of nitrogens with zero attached hydrogens (tertiary/aromatic N) is 5. The Morgan fingerprint density at radius 1 is 0.795 bits per heavy atom. The first-order chi connectivity index (χ1) is 39.6. The van der Waals surface area contributed by atoms with E-state index in [0.717, 1.165) is 0 Å². The molecule has 2 fully saturated rings. The average Bonchev–Trinajstić information content (AvgIpc) is 4.16. The third kappa shape index (κ3) is 20.6. The minimum absolute atomic E-state index is 0.00618. The number of likely N-dealkylation sites (tertiary alicyclic amines) is 2. The normalized spacial score (nSPS) is 16.9. The third-order valence-electron chi connectivity index (χ3n) is 13.8. The van der Waals surface area contributed by atoms with Crippen LogP contribution in [0.2, 0.25) is 0 Å². The number of rotatable bonds is 32. The van der Waals surface area contributed by atoms with E-state index in [2.05, 4.69) is 47.1 Å². The van der Waals surface area contributed by atoms with Crippen molar-refractivity contribution in [3.63, 3.8) is 0 Å². The summed E-state index contributed by atoms with van der Waals surface area (Å²) in [6.45, 7) is 2.30. The quantitative estimate of drug-likeness (QED) is 0.0124. The molecule has 0 aliphatic carbocycles. The van der Waals surface area contributed by atoms with Gasteiger partial charge in [0.05, 0.1) is 17.9 Å². The molecule has 3 heterocycles. The van der Waals surface area contributed by atoms with Crippen LogP contribution in [0.15, 0.2) is 81.8 Å². The highest BCUT2D eigenvalue weighted by Gasteiger charge is 2.44. The first-order valence-corrected chi connectivity index (χ1v) is 28.9. The number of unbranched alkanes of at least 4 members (excludes halogenated alkanes) is 3. The number of aliphatic carboxylic acids is 1. The van der Waals surface area contributed by atoms with E-state index in [9.17, 15) is 66.6 Å². The number of guanidine groups is 1. The molecule has 0 radical (unpaired) electrons. The fraction of sp³-hybridized carbons (Fsp3) is 0.500. The number of phenols is 1. The minimum atomic E-state index is -4.50. The van der Waals surface area contributed by atoms with Crippen molar-refractivity contribution < 1.29 is 66.6 Å². The van der Waals surface area contributed by atoms with Gasteiger partial charge in [-0.15, -0.1) is 0 Å². The lowest BCUT2D eigenvalue weighted by atomic mass is 10.0. The first kappa shape index (κ1) is 65.5. The summed E-state index contributed by atoms with van der Waals surface area (Å²) in [6, 6.07) is 7.67. The zero-order valence-electron chi connectivity index (χ0n) is 46.2. The number of phenolic OH excluding ortho intramolecular Hbond substituents is 1. The molecule has 452 valence electrons. The van der Waals surface area contributed by atoms with E-state index in [1.807, 2.05) is 0 Å². The van der Waals surface area contributed by atoms with Crippen LogP contribution in [0.1, 0.15) is 112 Å². The highest BCUT2D eigenvalue weighted by Crippen LogP contribution is 2.27. The lowest BCUT2D eigenvalue weighted by Gasteiger charge is -2.33. The molecular formula is C54H76N14O14S. The van der Waals surface area contributed by atoms with Crippen LogP contribution < -0.4 is 49.2 Å². The molecule has 2 aliphatic rings. The van der Waals surface area contributed by atoms with Gasteiger partial charge < -0.3 is 68.9 Å². The van der Waals surface area contributed by atoms with Gasteiger partial charge in [0.2, 0.25) is 35.4 Å². The van der Waals surface area contributed by atoms with Crippen LogP contribution >= 0.6 is 0 Å². The number of aromatic nitrogens is 1. The van der Waals surface area contributed by atoms with Gasteiger partial charge >= 0.3 is 5.97 Å². The smallest absolute Gasteiger partial charge is 0.326 e. The summed E-state index contributed by atoms with van der Waals surface area (Å²) in [6.07, 6.45) is 4.98. The lowest BCUT2D eigenvalue weighted by Crippen LogP contribution is -2.59. The van der Waals surface area contributed by atoms with E-state index in [4.69, 9.17) is 17.2 Å². The number of aliphatic hydroxyl groups is 1. The maximum absolute atomic E-state index is 14.3. The number of anilines is 1. The Morgan fingerprint density at radius 2 is 1.49 bits per heavy atom. The molecule has 2 aliphatic heterocycles. The number of hydrogen-bond donors (Lipinski definition) is 13. The number of carboxylic acids is 1. The number of hydrogen-bond acceptors (Lipinski definition) is 17. The predicted octanol–water partition coefficient (Wildman–Crippen LogP) is -0.418. The molecule has 0 spiro atoms. The summed E-state index contributed by atoms with van der Waals surface area (Å²) in [5.41, 5.74) is 19.9. The van der Waals surface area contributed by atoms with Crippen LogP contribution in [0, 0.1) is 0 Å². The van der Waals surface area contributed by atoms with Crippen molar-refractivity contribution in [1.82, 2.24) is 41.4 Å². The molecule has 28 nitrogen and oxygen atoms in total. The summed E-state index contributed by atoms with van der Waals surface area (Å²) in [5, 5.41) is 47.6. The van der Waals surface area contributed by atoms with Crippen molar-refractivity contribution in [1.29, 1.82) is 0 Å². The van der Waals surface area contributed by atoms with Crippen molar-refractivity contribution in [2.75, 3.05) is 38.1 Å². The van der Waals surface area contributed by atoms with Gasteiger partial charge in [-0.05, 0) is 120 Å². The summed E-state index contributed by atoms with van der Waals surface area (Å²) in [4.78, 5) is 118. The van der Waals surface area contributed by atoms with E-state index < -0.39 is 99.8 Å². The van der Waals surface area contributed by atoms with Crippen LogP contribution in [0.4, 0.5) is 5.82 Å². The number of carboxylic acid groups (broad SMARTS) is 1. The van der Waals surface area contributed by atoms with Crippen LogP contribution in [0.5, 0.6) is 5.75 Å². The maximum atomic E-state index is 14.3. The lowest BCUT2D eigenvalue weighted by molar-refractivity contribution is -0.149. The second-order valence-electron chi connectivity index (χ2n) is 20.2. The molecule has 1 aromatic heterocycles. The Balaban J connectivity index is 1.11. The highest BCUT2D eigenvalue weighted by atomic mass is 32.2. The van der Waals surface area contributed by atoms with E-state index in [-0.39, 0.29) is 105 Å². The van der Waals surface area contributed by atoms with Gasteiger partial charge in [-0.25, -0.2) is 9.78 Å². The minimum Gasteiger partial charge on any atom is -0.508 e. The van der Waals surface area contributed by atoms with Gasteiger partial charge in [0, 0.05) is 50.8 Å². The van der Waals surface area contributed by atoms with E-state index in [1.165, 1.54) is 71.6 Å². The molecule has 3 aromatic rings. The number of benzene rings is 2. The van der Waals surface area contributed by atoms with Crippen molar-refractivity contribution in [3.8, 4) is 5.75 Å². The molecule has 5 rings (SSSR count). The van der Waals surface area contributed by atoms with Crippen molar-refractivity contribution in [3.05, 3.63) is 83.6 Å². The molecule has 7 amide bonds. The van der Waals surface area contributed by atoms with E-state index in [0.29, 0.717) is 57.1 Å². The summed E-state index contributed by atoms with van der Waals surface area (Å²) >= 11 is 0. The highest BCUT2D eigenvalue weighted by molar-refractivity contribution is 7.86. The number of aliphatic imine (C=N–C) groups is 1. The molecule has 2 saturated heterocycles. The Kier molecular flexibility index (Phi) is 25.6. The van der Waals surface area contributed by atoms with Gasteiger partial charge in [-0.2, -0.15) is 13.5 Å². The molecule has 2 aromatic carbocycles. The predicted molar refractivity (Wildman–Crippen MR) is 304 cm³/mol. The molecular weight excluding hydrogens is 1100 g/mol. The van der Waals surface area contributed by atoms with Crippen molar-refractivity contribution in [2.24, 2.45) is 27.3 Å². The fourth-order valence-electron chi connectivity index (χ4n) is 9.50. The molecule has 83 heavy (non-hydrogen) atoms. The van der Waals surface area contributed by atoms with Gasteiger partial charge in [-0.1, -0.05) is 36.8 Å². The topological polar surface area (TPSA) is 446 Å². The molecule has 7 atom stereocenters. The number of hydrazone groups is 1. The molecule has 16 N–H and O–H groups in total. The van der Waals surface area contributed by atoms with Crippen molar-refractivity contribution >= 4 is 75.4 Å². The number of amides is 7. The first-order valence-electron chi connectivity index (χ1n) is 27.4. The number of pyridine rings is 1. The zero-order valence-corrected chi connectivity index (χ0v) is 47.0. The second-order valence-corrected chi connectivity index (χ2v) is 21.6. The van der Waals surface area contributed by atoms with Crippen LogP contribution in [0.25, 0.3) is 0 Å². The summed E-state index contributed by atoms with van der Waals surface area (Å²) in [7, 11) is -4.50. The third-order valence-corrected chi connectivity index (χ3v) is 14.8. The Bertz CT molecular complexity index is 2890. The van der Waals surface area contributed by atoms with Gasteiger partial charge in [0.15, 0.2) is 5.96 Å². The monoisotopic (exact) mass is 1180 g/mol. The molecule has 0 saturated carbocycles. The largest absolute Gasteiger partial charge is 0.508 e. The average molecular weight is 1180 g/mol. The summed E-state index contributed by atoms with van der Waals surface area (Å²) < 4.78 is 32.9. The van der Waals surface area contributed by atoms with Crippen LogP contribution in [-0.4, -0.2) is 178 Å². The Morgan fingerprint density at radius 3 is 2.16 bits per heavy atom. The maximum Gasteiger partial charge on any atom is 0.326 e. The molecule has 7 unspecified atom stereocenters. The van der Waals surface area contributed by atoms with E-state index in [1.54, 1.807) is 18.2 Å². The van der Waals surface area contributed by atoms with E-state index >= 15 is 0 Å². The van der Waals surface area contributed by atoms with Crippen LogP contribution in [0.3, 0.4) is 0 Å². The van der Waals surface area contributed by atoms with Gasteiger partial charge in [0.1, 0.15) is 52.7 Å². The number of aromatic hydroxyl groups is 1. The number of carbonyl (C=O) groups is 8. The summed E-state index contributed by atoms with van der Waals surface area (Å²) in [5.74, 6) is -5.48. The number of nitrogens with one attached hydrogen (secondary N) is 6. The number of nitrogens with two attached hydrogens (primary N) is 3. The van der Waals surface area contributed by atoms with Gasteiger partial charge in [-0.3, -0.25) is 48.5 Å². The number of carbonyl (C=O) groups excluding carboxylic acids is 7. The Hall–Kier alpha value is -8.28. The SMILES string of the molecule is CC(O)C(NC(=O)CCCCCNC(=O)C(Cc1ccc(O)cc1)NC(=O)c1ccc(N/N=C/c2ccccc2S(=O)(=O)O)nc1)C(=O)NC(CCCCN)C(=O)N1CCCC1C(=O)N1CCCC1C(=O)NC(CCCN=C(N)N)C(=O)O. The standard InChI is InChI=1S/C54H76N14O14S/c1-33(69)46(50(75)62-38(13-6-7-25-55)51(76)68-29-11-16-42(68)52(77)67-28-10-15-41(67)49(74)63-39(53(78)79)14-9-27-59-54(56)57)65-45(71)18-3-2-8-26-58-48(73)40(30-34-19-22-37(70)23-20-34)64-47(72)36-21-24-44(60-31-36)66-61-32-35-12-4-5-17-43(35)83(80,81)82/h4-5,12,17,19-24,31-33,38-42,46,69-70H,2-3,6-11,13-16,18,25-30,55H2,1H3,(H,58,73)(H,60,66)(H,62,75)(H,63,74)(H,64,72)(H,65,71)(H,78,79)(H4,56,57,59)(H,80,81,82)/b61-32+. The molecule has 29 heteroatoms. The Labute approximate surface area is 480 Å². The van der Waals surface area contributed by atoms with Gasteiger partial charge in [0.25, 0.3) is 16.0 Å². The van der Waals surface area contributed by atoms with Crippen LogP contribution in [-0.2, 0) is 50.1 Å².